The summed E-state index contributed by atoms with van der Waals surface area (Å²) in [6, 6.07) is 12.1. The van der Waals surface area contributed by atoms with Crippen molar-refractivity contribution in [1.29, 1.82) is 0 Å². The first-order chi connectivity index (χ1) is 27.1. The average molecular weight is 761 g/mol. The molecule has 0 unspecified atom stereocenters. The van der Waals surface area contributed by atoms with E-state index in [2.05, 4.69) is 101 Å². The second kappa shape index (κ2) is 27.0. The topological polar surface area (TPSA) is 101 Å². The molecule has 0 aromatic carbocycles. The van der Waals surface area contributed by atoms with Crippen LogP contribution in [-0.4, -0.2) is 42.8 Å². The van der Waals surface area contributed by atoms with E-state index in [1.165, 1.54) is 39.5 Å². The van der Waals surface area contributed by atoms with Crippen LogP contribution in [0.4, 0.5) is 22.9 Å². The summed E-state index contributed by atoms with van der Waals surface area (Å²) >= 11 is 0. The lowest BCUT2D eigenvalue weighted by Gasteiger charge is -2.01. The van der Waals surface area contributed by atoms with Crippen LogP contribution in [0.25, 0.3) is 0 Å². The Bertz CT molecular complexity index is 1580. The molecule has 0 fully saturated rings. The van der Waals surface area contributed by atoms with Crippen LogP contribution >= 0.6 is 0 Å². The normalized spacial score (nSPS) is 13.1. The Morgan fingerprint density at radius 3 is 1.41 bits per heavy atom. The van der Waals surface area contributed by atoms with Gasteiger partial charge in [-0.3, -0.25) is 29.9 Å². The fourth-order valence-electron chi connectivity index (χ4n) is 5.51. The Kier molecular flexibility index (Phi) is 23.7. The molecule has 4 aliphatic rings. The Morgan fingerprint density at radius 2 is 0.857 bits per heavy atom. The third-order valence-electron chi connectivity index (χ3n) is 8.67. The first-order valence-electron chi connectivity index (χ1n) is 21.1. The average Bonchev–Trinajstić information content (AvgIpc) is 4.06. The summed E-state index contributed by atoms with van der Waals surface area (Å²) < 4.78 is 0. The van der Waals surface area contributed by atoms with Crippen molar-refractivity contribution in [2.45, 2.75) is 136 Å². The summed E-state index contributed by atoms with van der Waals surface area (Å²) in [4.78, 5) is 34.6. The second-order valence-electron chi connectivity index (χ2n) is 13.7. The molecule has 0 N–H and O–H groups in total. The minimum atomic E-state index is 0.541. The Morgan fingerprint density at radius 1 is 0.393 bits per heavy atom. The van der Waals surface area contributed by atoms with E-state index in [0.717, 1.165) is 54.3 Å². The molecule has 0 saturated heterocycles. The highest BCUT2D eigenvalue weighted by Gasteiger charge is 2.19. The molecule has 304 valence electrons. The van der Waals surface area contributed by atoms with Gasteiger partial charge in [0.25, 0.3) is 0 Å². The van der Waals surface area contributed by atoms with Gasteiger partial charge in [-0.2, -0.15) is 0 Å². The van der Waals surface area contributed by atoms with E-state index in [9.17, 15) is 0 Å². The highest BCUT2D eigenvalue weighted by atomic mass is 14.9. The van der Waals surface area contributed by atoms with Crippen LogP contribution in [0.1, 0.15) is 133 Å². The van der Waals surface area contributed by atoms with E-state index in [-0.39, 0.29) is 0 Å². The molecule has 8 heteroatoms. The maximum Gasteiger partial charge on any atom is 0.155 e. The molecule has 0 aliphatic carbocycles. The van der Waals surface area contributed by atoms with Crippen LogP contribution in [0.3, 0.4) is 0 Å². The molecule has 0 amide bonds. The minimum Gasteiger partial charge on any atom is -0.264 e. The standard InChI is InChI=1S/4C10H12N2.4C2H6/c1-7(2)10-5-8-6-11-4-3-9(8)12-10;1-7(2)9-5-8-3-4-11-6-10(8)12-9;1-7(2)9-6-10-8(12-9)4-3-5-11-10;1-7(2)9-6-8-4-3-5-11-10(8)12-9;4*1-2/h2*3-4,6-7H,5H2,1-2H3;2*3-5,7H,6H2,1-2H3;4*1-2H3. The van der Waals surface area contributed by atoms with Crippen LogP contribution in [0.2, 0.25) is 0 Å². The zero-order chi connectivity index (χ0) is 42.2. The quantitative estimate of drug-likeness (QED) is 0.207. The van der Waals surface area contributed by atoms with Crippen molar-refractivity contribution < 1.29 is 0 Å². The molecule has 4 aromatic heterocycles. The van der Waals surface area contributed by atoms with Gasteiger partial charge in [0.15, 0.2) is 5.82 Å². The molecule has 0 spiro atoms. The molecule has 0 radical (unpaired) electrons. The number of hydrogen-bond acceptors (Lipinski definition) is 8. The zero-order valence-electron chi connectivity index (χ0n) is 37.6. The first-order valence-corrected chi connectivity index (χ1v) is 21.1. The number of aromatic nitrogens is 4. The maximum absolute atomic E-state index is 4.53. The fraction of sp³-hybridized carbons (Fsp3) is 0.500. The lowest BCUT2D eigenvalue weighted by Crippen LogP contribution is -2.06. The SMILES string of the molecule is CC.CC.CC.CC.CC(C)C1=Nc2cccnc2C1.CC(C)C1=Nc2ccncc2C1.CC(C)C1=Nc2cnccc2C1.CC(C)C1=Nc2ncccc2C1. The van der Waals surface area contributed by atoms with Crippen molar-refractivity contribution in [2.75, 3.05) is 0 Å². The van der Waals surface area contributed by atoms with E-state index in [0.29, 0.717) is 23.7 Å². The van der Waals surface area contributed by atoms with Crippen LogP contribution in [0.5, 0.6) is 0 Å². The Labute approximate surface area is 340 Å². The minimum absolute atomic E-state index is 0.541. The number of pyridine rings is 4. The predicted octanol–water partition coefficient (Wildman–Crippen LogP) is 13.6. The third-order valence-corrected chi connectivity index (χ3v) is 8.67. The summed E-state index contributed by atoms with van der Waals surface area (Å²) in [7, 11) is 0. The summed E-state index contributed by atoms with van der Waals surface area (Å²) in [5.41, 5.74) is 13.2. The summed E-state index contributed by atoms with van der Waals surface area (Å²) in [6.45, 7) is 33.4. The molecule has 56 heavy (non-hydrogen) atoms. The Hall–Kier alpha value is -4.72. The lowest BCUT2D eigenvalue weighted by molar-refractivity contribution is 0.868. The summed E-state index contributed by atoms with van der Waals surface area (Å²) in [5, 5.41) is 0. The van der Waals surface area contributed by atoms with Crippen molar-refractivity contribution in [3.05, 3.63) is 96.0 Å². The van der Waals surface area contributed by atoms with Crippen molar-refractivity contribution >= 4 is 45.7 Å². The highest BCUT2D eigenvalue weighted by Crippen LogP contribution is 2.29. The van der Waals surface area contributed by atoms with Gasteiger partial charge < -0.3 is 0 Å². The predicted molar refractivity (Wildman–Crippen MR) is 245 cm³/mol. The summed E-state index contributed by atoms with van der Waals surface area (Å²) in [6.07, 6.45) is 14.9. The van der Waals surface area contributed by atoms with Gasteiger partial charge >= 0.3 is 0 Å². The number of aliphatic imine (C=N–C) groups is 4. The zero-order valence-corrected chi connectivity index (χ0v) is 37.6. The van der Waals surface area contributed by atoms with Gasteiger partial charge in [-0.05, 0) is 59.6 Å². The fourth-order valence-corrected chi connectivity index (χ4v) is 5.51. The van der Waals surface area contributed by atoms with Crippen molar-refractivity contribution in [1.82, 2.24) is 19.9 Å². The molecule has 8 heterocycles. The monoisotopic (exact) mass is 761 g/mol. The number of rotatable bonds is 4. The Balaban J connectivity index is 0.000000352. The molecular formula is C48H72N8. The van der Waals surface area contributed by atoms with Crippen LogP contribution in [-0.2, 0) is 25.7 Å². The first kappa shape index (κ1) is 49.3. The molecular weight excluding hydrogens is 689 g/mol. The van der Waals surface area contributed by atoms with E-state index in [1.807, 2.05) is 111 Å². The van der Waals surface area contributed by atoms with Crippen LogP contribution in [0.15, 0.2) is 93.5 Å². The molecule has 4 aromatic rings. The molecule has 0 bridgehead atoms. The van der Waals surface area contributed by atoms with Gasteiger partial charge in [0, 0.05) is 90.6 Å². The molecule has 4 aliphatic heterocycles. The van der Waals surface area contributed by atoms with Gasteiger partial charge in [0.05, 0.1) is 29.0 Å². The van der Waals surface area contributed by atoms with Gasteiger partial charge in [0.1, 0.15) is 0 Å². The van der Waals surface area contributed by atoms with E-state index < -0.39 is 0 Å². The van der Waals surface area contributed by atoms with Gasteiger partial charge in [0.2, 0.25) is 0 Å². The van der Waals surface area contributed by atoms with Crippen LogP contribution < -0.4 is 0 Å². The van der Waals surface area contributed by atoms with E-state index in [1.54, 1.807) is 12.4 Å². The number of fused-ring (bicyclic) bond motifs is 4. The largest absolute Gasteiger partial charge is 0.264 e. The van der Waals surface area contributed by atoms with Crippen molar-refractivity contribution in [3.8, 4) is 0 Å². The number of nitrogens with zero attached hydrogens (tertiary/aromatic N) is 8. The van der Waals surface area contributed by atoms with Crippen molar-refractivity contribution in [3.63, 3.8) is 0 Å². The summed E-state index contributed by atoms with van der Waals surface area (Å²) in [5.74, 6) is 3.11. The van der Waals surface area contributed by atoms with Crippen LogP contribution in [0, 0.1) is 23.7 Å². The molecule has 8 nitrogen and oxygen atoms in total. The van der Waals surface area contributed by atoms with Crippen molar-refractivity contribution in [2.24, 2.45) is 43.6 Å². The van der Waals surface area contributed by atoms with Gasteiger partial charge in [-0.25, -0.2) is 9.98 Å². The van der Waals surface area contributed by atoms with E-state index >= 15 is 0 Å². The highest BCUT2D eigenvalue weighted by molar-refractivity contribution is 5.96. The maximum atomic E-state index is 4.53. The van der Waals surface area contributed by atoms with Gasteiger partial charge in [-0.1, -0.05) is 117 Å². The second-order valence-corrected chi connectivity index (χ2v) is 13.7. The number of hydrogen-bond donors (Lipinski definition) is 0. The molecule has 8 rings (SSSR count). The lowest BCUT2D eigenvalue weighted by atomic mass is 10.0. The third kappa shape index (κ3) is 15.1. The van der Waals surface area contributed by atoms with Gasteiger partial charge in [-0.15, -0.1) is 0 Å². The van der Waals surface area contributed by atoms with E-state index in [4.69, 9.17) is 0 Å². The molecule has 0 saturated carbocycles. The molecule has 0 atom stereocenters. The smallest absolute Gasteiger partial charge is 0.155 e.